The summed E-state index contributed by atoms with van der Waals surface area (Å²) in [6, 6.07) is 11.7. The SMILES string of the molecule is COc1cnc(CN2CC(Cc3ccccc3)C(=O)c3c(Cl)nc(N)nc32)cc1OC. The smallest absolute Gasteiger partial charge is 0.223 e. The number of nitrogens with zero attached hydrogens (tertiary/aromatic N) is 4. The quantitative estimate of drug-likeness (QED) is 0.584. The third-order valence-electron chi connectivity index (χ3n) is 5.23. The first kappa shape index (κ1) is 20.9. The highest BCUT2D eigenvalue weighted by atomic mass is 35.5. The monoisotopic (exact) mass is 439 g/mol. The predicted molar refractivity (Wildman–Crippen MR) is 118 cm³/mol. The van der Waals surface area contributed by atoms with Gasteiger partial charge in [-0.1, -0.05) is 41.9 Å². The lowest BCUT2D eigenvalue weighted by Gasteiger charge is -2.34. The molecule has 0 bridgehead atoms. The molecule has 4 rings (SSSR count). The van der Waals surface area contributed by atoms with Crippen LogP contribution in [-0.4, -0.2) is 41.5 Å². The first-order valence-electron chi connectivity index (χ1n) is 9.73. The Kier molecular flexibility index (Phi) is 5.90. The summed E-state index contributed by atoms with van der Waals surface area (Å²) in [5.41, 5.74) is 7.92. The minimum absolute atomic E-state index is 0.0170. The Balaban J connectivity index is 1.71. The number of Topliss-reactive ketones (excluding diaryl/α,β-unsaturated/α-hetero) is 1. The molecular weight excluding hydrogens is 418 g/mol. The Morgan fingerprint density at radius 2 is 1.90 bits per heavy atom. The molecule has 0 spiro atoms. The van der Waals surface area contributed by atoms with E-state index in [2.05, 4.69) is 15.0 Å². The van der Waals surface area contributed by atoms with Crippen molar-refractivity contribution in [3.05, 3.63) is 64.6 Å². The van der Waals surface area contributed by atoms with Gasteiger partial charge in [0.1, 0.15) is 11.0 Å². The largest absolute Gasteiger partial charge is 0.493 e. The van der Waals surface area contributed by atoms with Crippen molar-refractivity contribution in [2.75, 3.05) is 31.4 Å². The minimum Gasteiger partial charge on any atom is -0.493 e. The van der Waals surface area contributed by atoms with Gasteiger partial charge in [0.15, 0.2) is 17.3 Å². The fourth-order valence-electron chi connectivity index (χ4n) is 3.77. The third-order valence-corrected chi connectivity index (χ3v) is 5.50. The Hall–Kier alpha value is -3.39. The normalized spacial score (nSPS) is 15.5. The van der Waals surface area contributed by atoms with E-state index >= 15 is 0 Å². The fourth-order valence-corrected chi connectivity index (χ4v) is 4.04. The minimum atomic E-state index is -0.306. The topological polar surface area (TPSA) is 103 Å². The summed E-state index contributed by atoms with van der Waals surface area (Å²) < 4.78 is 10.7. The van der Waals surface area contributed by atoms with Gasteiger partial charge in [-0.05, 0) is 12.0 Å². The van der Waals surface area contributed by atoms with Gasteiger partial charge >= 0.3 is 0 Å². The van der Waals surface area contributed by atoms with Gasteiger partial charge in [0.2, 0.25) is 5.95 Å². The number of nitrogen functional groups attached to an aromatic ring is 1. The summed E-state index contributed by atoms with van der Waals surface area (Å²) in [7, 11) is 3.13. The molecule has 3 heterocycles. The Labute approximate surface area is 185 Å². The second-order valence-corrected chi connectivity index (χ2v) is 7.59. The zero-order valence-corrected chi connectivity index (χ0v) is 18.0. The summed E-state index contributed by atoms with van der Waals surface area (Å²) in [6.07, 6.45) is 2.18. The molecule has 0 radical (unpaired) electrons. The van der Waals surface area contributed by atoms with Gasteiger partial charge in [0.05, 0.1) is 38.2 Å². The second-order valence-electron chi connectivity index (χ2n) is 7.23. The molecule has 3 aromatic rings. The number of aromatic nitrogens is 3. The number of anilines is 2. The molecule has 0 aliphatic carbocycles. The van der Waals surface area contributed by atoms with Crippen LogP contribution in [0.3, 0.4) is 0 Å². The lowest BCUT2D eigenvalue weighted by molar-refractivity contribution is 0.0913. The van der Waals surface area contributed by atoms with Crippen LogP contribution in [0.15, 0.2) is 42.6 Å². The third kappa shape index (κ3) is 4.25. The Morgan fingerprint density at radius 1 is 1.16 bits per heavy atom. The summed E-state index contributed by atoms with van der Waals surface area (Å²) in [5, 5.41) is 0.0653. The number of halogens is 1. The summed E-state index contributed by atoms with van der Waals surface area (Å²) in [4.78, 5) is 28.0. The van der Waals surface area contributed by atoms with E-state index in [1.165, 1.54) is 0 Å². The zero-order chi connectivity index (χ0) is 22.0. The van der Waals surface area contributed by atoms with E-state index in [4.69, 9.17) is 26.8 Å². The van der Waals surface area contributed by atoms with Crippen molar-refractivity contribution in [1.82, 2.24) is 15.0 Å². The number of benzene rings is 1. The summed E-state index contributed by atoms with van der Waals surface area (Å²) in [6.45, 7) is 0.836. The van der Waals surface area contributed by atoms with E-state index in [1.54, 1.807) is 26.5 Å². The number of hydrogen-bond donors (Lipinski definition) is 1. The standard InChI is InChI=1S/C22H22ClN5O3/c1-30-16-9-15(25-10-17(16)31-2)12-28-11-14(8-13-6-4-3-5-7-13)19(29)18-20(23)26-22(24)27-21(18)28/h3-7,9-10,14H,8,11-12H2,1-2H3,(H2,24,26,27). The summed E-state index contributed by atoms with van der Waals surface area (Å²) >= 11 is 6.34. The van der Waals surface area contributed by atoms with Gasteiger partial charge in [-0.2, -0.15) is 4.98 Å². The van der Waals surface area contributed by atoms with Crippen LogP contribution >= 0.6 is 11.6 Å². The maximum absolute atomic E-state index is 13.3. The van der Waals surface area contributed by atoms with Crippen molar-refractivity contribution in [1.29, 1.82) is 0 Å². The number of nitrogens with two attached hydrogens (primary N) is 1. The number of rotatable bonds is 6. The number of carbonyl (C=O) groups excluding carboxylic acids is 1. The van der Waals surface area contributed by atoms with Crippen molar-refractivity contribution in [2.24, 2.45) is 5.92 Å². The molecule has 1 aliphatic rings. The average Bonchev–Trinajstić information content (AvgIpc) is 2.77. The van der Waals surface area contributed by atoms with Gasteiger partial charge in [-0.25, -0.2) is 4.98 Å². The Morgan fingerprint density at radius 3 is 2.61 bits per heavy atom. The van der Waals surface area contributed by atoms with Crippen LogP contribution in [0, 0.1) is 5.92 Å². The molecular formula is C22H22ClN5O3. The molecule has 1 atom stereocenters. The van der Waals surface area contributed by atoms with Crippen LogP contribution in [0.5, 0.6) is 11.5 Å². The van der Waals surface area contributed by atoms with Gasteiger partial charge in [0, 0.05) is 18.5 Å². The van der Waals surface area contributed by atoms with Crippen LogP contribution in [0.1, 0.15) is 21.6 Å². The number of fused-ring (bicyclic) bond motifs is 1. The molecule has 31 heavy (non-hydrogen) atoms. The Bertz CT molecular complexity index is 1110. The first-order chi connectivity index (χ1) is 15.0. The van der Waals surface area contributed by atoms with E-state index in [9.17, 15) is 4.79 Å². The number of hydrogen-bond acceptors (Lipinski definition) is 8. The lowest BCUT2D eigenvalue weighted by Crippen LogP contribution is -2.41. The second kappa shape index (κ2) is 8.77. The maximum atomic E-state index is 13.3. The van der Waals surface area contributed by atoms with E-state index in [1.807, 2.05) is 35.2 Å². The zero-order valence-electron chi connectivity index (χ0n) is 17.2. The van der Waals surface area contributed by atoms with Crippen molar-refractivity contribution in [3.63, 3.8) is 0 Å². The van der Waals surface area contributed by atoms with Crippen molar-refractivity contribution >= 4 is 29.2 Å². The molecule has 9 heteroatoms. The van der Waals surface area contributed by atoms with Crippen molar-refractivity contribution in [3.8, 4) is 11.5 Å². The maximum Gasteiger partial charge on any atom is 0.223 e. The molecule has 2 N–H and O–H groups in total. The predicted octanol–water partition coefficient (Wildman–Crippen LogP) is 3.19. The number of pyridine rings is 1. The van der Waals surface area contributed by atoms with Crippen LogP contribution in [-0.2, 0) is 13.0 Å². The number of methoxy groups -OCH3 is 2. The molecule has 1 unspecified atom stereocenters. The first-order valence-corrected chi connectivity index (χ1v) is 10.1. The molecule has 160 valence electrons. The van der Waals surface area contributed by atoms with Gasteiger partial charge in [-0.3, -0.25) is 9.78 Å². The fraction of sp³-hybridized carbons (Fsp3) is 0.273. The van der Waals surface area contributed by atoms with Crippen LogP contribution < -0.4 is 20.1 Å². The highest BCUT2D eigenvalue weighted by molar-refractivity contribution is 6.34. The molecule has 1 aliphatic heterocycles. The lowest BCUT2D eigenvalue weighted by atomic mass is 9.88. The van der Waals surface area contributed by atoms with Crippen molar-refractivity contribution in [2.45, 2.75) is 13.0 Å². The highest BCUT2D eigenvalue weighted by Gasteiger charge is 2.36. The molecule has 2 aromatic heterocycles. The van der Waals surface area contributed by atoms with E-state index in [0.717, 1.165) is 11.3 Å². The van der Waals surface area contributed by atoms with Crippen LogP contribution in [0.2, 0.25) is 5.15 Å². The number of ether oxygens (including phenoxy) is 2. The highest BCUT2D eigenvalue weighted by Crippen LogP contribution is 2.35. The van der Waals surface area contributed by atoms with E-state index in [-0.39, 0.29) is 22.8 Å². The molecule has 0 fully saturated rings. The van der Waals surface area contributed by atoms with E-state index < -0.39 is 0 Å². The van der Waals surface area contributed by atoms with Crippen LogP contribution in [0.4, 0.5) is 11.8 Å². The molecule has 0 amide bonds. The number of ketones is 1. The molecule has 0 saturated heterocycles. The molecule has 1 aromatic carbocycles. The number of carbonyl (C=O) groups is 1. The molecule has 8 nitrogen and oxygen atoms in total. The average molecular weight is 440 g/mol. The van der Waals surface area contributed by atoms with Crippen LogP contribution in [0.25, 0.3) is 0 Å². The van der Waals surface area contributed by atoms with Crippen molar-refractivity contribution < 1.29 is 14.3 Å². The summed E-state index contributed by atoms with van der Waals surface area (Å²) in [5.74, 6) is 1.16. The van der Waals surface area contributed by atoms with E-state index in [0.29, 0.717) is 42.4 Å². The van der Waals surface area contributed by atoms with Gasteiger partial charge < -0.3 is 20.1 Å². The molecule has 0 saturated carbocycles. The van der Waals surface area contributed by atoms with Gasteiger partial charge in [-0.15, -0.1) is 0 Å². The van der Waals surface area contributed by atoms with Gasteiger partial charge in [0.25, 0.3) is 0 Å².